The summed E-state index contributed by atoms with van der Waals surface area (Å²) in [5.74, 6) is 0.814. The monoisotopic (exact) mass is 222 g/mol. The van der Waals surface area contributed by atoms with Gasteiger partial charge < -0.3 is 5.32 Å². The van der Waals surface area contributed by atoms with Crippen molar-refractivity contribution in [3.8, 4) is 0 Å². The van der Waals surface area contributed by atoms with Crippen LogP contribution in [0.15, 0.2) is 5.38 Å². The van der Waals surface area contributed by atoms with E-state index >= 15 is 0 Å². The molecule has 0 aliphatic heterocycles. The first-order valence-electron chi connectivity index (χ1n) is 6.09. The fourth-order valence-corrected chi connectivity index (χ4v) is 2.88. The molecule has 0 unspecified atom stereocenters. The van der Waals surface area contributed by atoms with E-state index in [1.165, 1.54) is 42.8 Å². The van der Waals surface area contributed by atoms with E-state index in [9.17, 15) is 0 Å². The second kappa shape index (κ2) is 4.22. The molecule has 1 N–H and O–H groups in total. The first-order valence-corrected chi connectivity index (χ1v) is 6.97. The fraction of sp³-hybridized carbons (Fsp3) is 0.750. The quantitative estimate of drug-likeness (QED) is 0.828. The largest absolute Gasteiger partial charge is 0.314 e. The van der Waals surface area contributed by atoms with E-state index in [-0.39, 0.29) is 0 Å². The number of hydrogen-bond donors (Lipinski definition) is 1. The third-order valence-electron chi connectivity index (χ3n) is 3.44. The van der Waals surface area contributed by atoms with Crippen LogP contribution in [0.25, 0.3) is 0 Å². The molecule has 2 aliphatic carbocycles. The van der Waals surface area contributed by atoms with Crippen molar-refractivity contribution >= 4 is 11.3 Å². The third kappa shape index (κ3) is 2.40. The van der Waals surface area contributed by atoms with E-state index < -0.39 is 0 Å². The lowest BCUT2D eigenvalue weighted by molar-refractivity contribution is 0.342. The van der Waals surface area contributed by atoms with Crippen LogP contribution in [0, 0.1) is 0 Å². The van der Waals surface area contributed by atoms with Gasteiger partial charge in [-0.3, -0.25) is 0 Å². The minimum absolute atomic E-state index is 0.813. The van der Waals surface area contributed by atoms with E-state index in [2.05, 4.69) is 10.7 Å². The average molecular weight is 222 g/mol. The molecular weight excluding hydrogens is 204 g/mol. The molecule has 3 rings (SSSR count). The Bertz CT molecular complexity index is 326. The van der Waals surface area contributed by atoms with Crippen molar-refractivity contribution in [2.75, 3.05) is 6.54 Å². The summed E-state index contributed by atoms with van der Waals surface area (Å²) in [5, 5.41) is 7.17. The number of hydrogen-bond acceptors (Lipinski definition) is 3. The Hall–Kier alpha value is -0.410. The highest BCUT2D eigenvalue weighted by atomic mass is 32.1. The Morgan fingerprint density at radius 2 is 2.20 bits per heavy atom. The van der Waals surface area contributed by atoms with Gasteiger partial charge in [0.05, 0.1) is 10.7 Å². The van der Waals surface area contributed by atoms with E-state index in [1.807, 2.05) is 11.3 Å². The van der Waals surface area contributed by atoms with Crippen molar-refractivity contribution in [3.63, 3.8) is 0 Å². The molecule has 0 amide bonds. The van der Waals surface area contributed by atoms with Gasteiger partial charge in [-0.15, -0.1) is 11.3 Å². The Kier molecular flexibility index (Phi) is 2.76. The average Bonchev–Trinajstić information content (AvgIpc) is 2.91. The smallest absolute Gasteiger partial charge is 0.0941 e. The number of nitrogens with zero attached hydrogens (tertiary/aromatic N) is 1. The molecule has 1 aromatic rings. The molecule has 0 radical (unpaired) electrons. The standard InChI is InChI=1S/C12H18N2S/c1-2-10(3-1)13-7-6-12-14-11(8-15-12)9-4-5-9/h8-10,13H,1-7H2. The van der Waals surface area contributed by atoms with Gasteiger partial charge in [-0.25, -0.2) is 4.98 Å². The zero-order valence-corrected chi connectivity index (χ0v) is 9.85. The maximum absolute atomic E-state index is 4.69. The first-order chi connectivity index (χ1) is 7.42. The van der Waals surface area contributed by atoms with Crippen LogP contribution in [0.2, 0.25) is 0 Å². The predicted octanol–water partition coefficient (Wildman–Crippen LogP) is 2.71. The van der Waals surface area contributed by atoms with E-state index in [0.717, 1.165) is 24.9 Å². The number of aromatic nitrogens is 1. The molecule has 3 heteroatoms. The molecule has 0 spiro atoms. The van der Waals surface area contributed by atoms with E-state index in [4.69, 9.17) is 4.98 Å². The van der Waals surface area contributed by atoms with Gasteiger partial charge in [0.2, 0.25) is 0 Å². The minimum atomic E-state index is 0.813. The van der Waals surface area contributed by atoms with Crippen molar-refractivity contribution in [3.05, 3.63) is 16.1 Å². The van der Waals surface area contributed by atoms with Crippen LogP contribution in [-0.2, 0) is 6.42 Å². The highest BCUT2D eigenvalue weighted by Gasteiger charge is 2.25. The van der Waals surface area contributed by atoms with Crippen molar-refractivity contribution in [1.82, 2.24) is 10.3 Å². The Labute approximate surface area is 95.1 Å². The molecule has 2 saturated carbocycles. The molecule has 1 heterocycles. The van der Waals surface area contributed by atoms with Crippen LogP contribution >= 0.6 is 11.3 Å². The lowest BCUT2D eigenvalue weighted by Gasteiger charge is -2.26. The van der Waals surface area contributed by atoms with Gasteiger partial charge in [-0.05, 0) is 25.7 Å². The molecule has 0 saturated heterocycles. The zero-order valence-electron chi connectivity index (χ0n) is 9.04. The second-order valence-electron chi connectivity index (χ2n) is 4.77. The van der Waals surface area contributed by atoms with Crippen LogP contribution in [0.3, 0.4) is 0 Å². The van der Waals surface area contributed by atoms with Gasteiger partial charge in [0, 0.05) is 30.3 Å². The number of nitrogens with one attached hydrogen (secondary N) is 1. The topological polar surface area (TPSA) is 24.9 Å². The summed E-state index contributed by atoms with van der Waals surface area (Å²) in [6.07, 6.45) is 8.03. The van der Waals surface area contributed by atoms with Gasteiger partial charge >= 0.3 is 0 Å². The lowest BCUT2D eigenvalue weighted by Crippen LogP contribution is -2.36. The summed E-state index contributed by atoms with van der Waals surface area (Å²) in [4.78, 5) is 4.69. The molecule has 2 fully saturated rings. The van der Waals surface area contributed by atoms with Gasteiger partial charge in [0.1, 0.15) is 0 Å². The van der Waals surface area contributed by atoms with Crippen LogP contribution in [0.1, 0.15) is 48.7 Å². The van der Waals surface area contributed by atoms with Crippen LogP contribution in [0.5, 0.6) is 0 Å². The van der Waals surface area contributed by atoms with Crippen molar-refractivity contribution in [2.45, 2.75) is 50.5 Å². The summed E-state index contributed by atoms with van der Waals surface area (Å²) < 4.78 is 0. The summed E-state index contributed by atoms with van der Waals surface area (Å²) in [6.45, 7) is 1.11. The van der Waals surface area contributed by atoms with Crippen LogP contribution < -0.4 is 5.32 Å². The molecule has 0 atom stereocenters. The number of rotatable bonds is 5. The van der Waals surface area contributed by atoms with Crippen LogP contribution in [0.4, 0.5) is 0 Å². The van der Waals surface area contributed by atoms with Gasteiger partial charge in [-0.2, -0.15) is 0 Å². The van der Waals surface area contributed by atoms with E-state index in [0.29, 0.717) is 0 Å². The Morgan fingerprint density at radius 3 is 2.87 bits per heavy atom. The van der Waals surface area contributed by atoms with Crippen molar-refractivity contribution in [1.29, 1.82) is 0 Å². The Balaban J connectivity index is 1.44. The maximum Gasteiger partial charge on any atom is 0.0941 e. The normalized spacial score (nSPS) is 21.6. The minimum Gasteiger partial charge on any atom is -0.314 e. The lowest BCUT2D eigenvalue weighted by atomic mass is 9.93. The highest BCUT2D eigenvalue weighted by molar-refractivity contribution is 7.09. The predicted molar refractivity (Wildman–Crippen MR) is 63.4 cm³/mol. The third-order valence-corrected chi connectivity index (χ3v) is 4.37. The fourth-order valence-electron chi connectivity index (χ4n) is 2.00. The summed E-state index contributed by atoms with van der Waals surface area (Å²) in [5.41, 5.74) is 1.36. The Morgan fingerprint density at radius 1 is 1.33 bits per heavy atom. The van der Waals surface area contributed by atoms with Crippen LogP contribution in [-0.4, -0.2) is 17.6 Å². The molecule has 15 heavy (non-hydrogen) atoms. The molecule has 2 aliphatic rings. The second-order valence-corrected chi connectivity index (χ2v) is 5.71. The summed E-state index contributed by atoms with van der Waals surface area (Å²) >= 11 is 1.84. The van der Waals surface area contributed by atoms with Crippen molar-refractivity contribution < 1.29 is 0 Å². The van der Waals surface area contributed by atoms with Gasteiger partial charge in [0.15, 0.2) is 0 Å². The molecule has 0 aromatic carbocycles. The van der Waals surface area contributed by atoms with Crippen molar-refractivity contribution in [2.24, 2.45) is 0 Å². The summed E-state index contributed by atoms with van der Waals surface area (Å²) in [7, 11) is 0. The zero-order chi connectivity index (χ0) is 10.1. The number of thiazole rings is 1. The van der Waals surface area contributed by atoms with E-state index in [1.54, 1.807) is 0 Å². The van der Waals surface area contributed by atoms with Gasteiger partial charge in [-0.1, -0.05) is 6.42 Å². The maximum atomic E-state index is 4.69. The van der Waals surface area contributed by atoms with Gasteiger partial charge in [0.25, 0.3) is 0 Å². The molecular formula is C12H18N2S. The first kappa shape index (κ1) is 9.79. The highest BCUT2D eigenvalue weighted by Crippen LogP contribution is 2.40. The molecule has 1 aromatic heterocycles. The molecule has 0 bridgehead atoms. The molecule has 82 valence electrons. The molecule has 2 nitrogen and oxygen atoms in total. The SMILES string of the molecule is c1sc(CCNC2CCC2)nc1C1CC1. The summed E-state index contributed by atoms with van der Waals surface area (Å²) in [6, 6.07) is 0.813.